The summed E-state index contributed by atoms with van der Waals surface area (Å²) in [6, 6.07) is 34.7. The van der Waals surface area contributed by atoms with Crippen molar-refractivity contribution in [1.82, 2.24) is 5.01 Å². The van der Waals surface area contributed by atoms with Crippen LogP contribution in [0.15, 0.2) is 108 Å². The summed E-state index contributed by atoms with van der Waals surface area (Å²) in [4.78, 5) is 0. The van der Waals surface area contributed by atoms with Crippen LogP contribution in [0.3, 0.4) is 0 Å². The maximum absolute atomic E-state index is 6.56. The molecule has 2 aliphatic heterocycles. The van der Waals surface area contributed by atoms with Gasteiger partial charge in [-0.05, 0) is 53.6 Å². The van der Waals surface area contributed by atoms with E-state index in [0.717, 1.165) is 51.6 Å². The van der Waals surface area contributed by atoms with Gasteiger partial charge in [-0.1, -0.05) is 60.7 Å². The Morgan fingerprint density at radius 3 is 2.34 bits per heavy atom. The molecule has 35 heavy (non-hydrogen) atoms. The van der Waals surface area contributed by atoms with Crippen molar-refractivity contribution in [3.63, 3.8) is 0 Å². The van der Waals surface area contributed by atoms with Gasteiger partial charge in [0.15, 0.2) is 0 Å². The van der Waals surface area contributed by atoms with Crippen molar-refractivity contribution in [3.8, 4) is 17.2 Å². The van der Waals surface area contributed by atoms with Crippen LogP contribution in [0, 0.1) is 0 Å². The van der Waals surface area contributed by atoms with Crippen LogP contribution >= 0.6 is 0 Å². The van der Waals surface area contributed by atoms with Gasteiger partial charge in [-0.3, -0.25) is 0 Å². The molecule has 2 atom stereocenters. The molecule has 2 aliphatic rings. The Morgan fingerprint density at radius 1 is 0.829 bits per heavy atom. The van der Waals surface area contributed by atoms with E-state index < -0.39 is 6.23 Å². The quantitative estimate of drug-likeness (QED) is 0.327. The summed E-state index contributed by atoms with van der Waals surface area (Å²) in [6.07, 6.45) is 0.411. The second-order valence-electron chi connectivity index (χ2n) is 8.70. The molecular weight excluding hydrogens is 436 g/mol. The van der Waals surface area contributed by atoms with Gasteiger partial charge in [-0.25, -0.2) is 5.01 Å². The van der Waals surface area contributed by atoms with Gasteiger partial charge >= 0.3 is 0 Å². The molecule has 0 fully saturated rings. The zero-order chi connectivity index (χ0) is 23.6. The maximum Gasteiger partial charge on any atom is 0.217 e. The molecule has 4 aromatic carbocycles. The summed E-state index contributed by atoms with van der Waals surface area (Å²) in [5.41, 5.74) is 5.35. The van der Waals surface area contributed by atoms with Crippen LogP contribution < -0.4 is 14.2 Å². The zero-order valence-corrected chi connectivity index (χ0v) is 19.5. The summed E-state index contributed by atoms with van der Waals surface area (Å²) in [5.74, 6) is 2.52. The summed E-state index contributed by atoms with van der Waals surface area (Å²) in [6.45, 7) is 0.491. The van der Waals surface area contributed by atoms with Gasteiger partial charge in [0, 0.05) is 12.0 Å². The molecule has 4 aromatic rings. The Kier molecular flexibility index (Phi) is 5.59. The first-order valence-corrected chi connectivity index (χ1v) is 11.8. The van der Waals surface area contributed by atoms with Crippen molar-refractivity contribution < 1.29 is 14.2 Å². The van der Waals surface area contributed by atoms with E-state index in [1.165, 1.54) is 0 Å². The molecule has 0 aromatic heterocycles. The van der Waals surface area contributed by atoms with Gasteiger partial charge in [-0.15, -0.1) is 0 Å². The van der Waals surface area contributed by atoms with Gasteiger partial charge in [0.1, 0.15) is 23.9 Å². The highest BCUT2D eigenvalue weighted by Gasteiger charge is 2.41. The number of hydrogen-bond donors (Lipinski definition) is 0. The highest BCUT2D eigenvalue weighted by molar-refractivity contribution is 6.02. The van der Waals surface area contributed by atoms with E-state index in [1.807, 2.05) is 60.7 Å². The molecule has 2 heterocycles. The molecule has 0 spiro atoms. The van der Waals surface area contributed by atoms with Gasteiger partial charge in [0.05, 0.1) is 24.4 Å². The minimum Gasteiger partial charge on any atom is -0.497 e. The molecule has 5 heteroatoms. The molecule has 0 radical (unpaired) electrons. The average molecular weight is 463 g/mol. The lowest BCUT2D eigenvalue weighted by Gasteiger charge is -2.38. The number of hydrazone groups is 1. The van der Waals surface area contributed by atoms with E-state index >= 15 is 0 Å². The fourth-order valence-corrected chi connectivity index (χ4v) is 4.75. The highest BCUT2D eigenvalue weighted by atomic mass is 16.5. The molecule has 0 bridgehead atoms. The minimum atomic E-state index is -0.391. The van der Waals surface area contributed by atoms with Crippen molar-refractivity contribution in [2.24, 2.45) is 5.10 Å². The molecule has 6 rings (SSSR count). The van der Waals surface area contributed by atoms with Crippen LogP contribution in [0.25, 0.3) is 0 Å². The molecule has 2 unspecified atom stereocenters. The SMILES string of the molecule is COc1ccc(C2=NN3C(C2)c2ccccc2OC3c2ccccc2OCc2ccccc2)cc1. The van der Waals surface area contributed by atoms with E-state index in [0.29, 0.717) is 6.61 Å². The van der Waals surface area contributed by atoms with Crippen molar-refractivity contribution in [2.75, 3.05) is 7.11 Å². The number of nitrogens with zero attached hydrogens (tertiary/aromatic N) is 2. The van der Waals surface area contributed by atoms with Crippen molar-refractivity contribution in [1.29, 1.82) is 0 Å². The average Bonchev–Trinajstić information content (AvgIpc) is 3.38. The van der Waals surface area contributed by atoms with Crippen LogP contribution in [0.1, 0.15) is 40.9 Å². The lowest BCUT2D eigenvalue weighted by atomic mass is 9.96. The normalized spacial score (nSPS) is 18.2. The maximum atomic E-state index is 6.56. The zero-order valence-electron chi connectivity index (χ0n) is 19.5. The van der Waals surface area contributed by atoms with Gasteiger partial charge in [0.25, 0.3) is 0 Å². The Labute approximate surface area is 205 Å². The monoisotopic (exact) mass is 462 g/mol. The van der Waals surface area contributed by atoms with Crippen molar-refractivity contribution in [2.45, 2.75) is 25.3 Å². The van der Waals surface area contributed by atoms with Crippen LogP contribution in [0.2, 0.25) is 0 Å². The second-order valence-corrected chi connectivity index (χ2v) is 8.70. The summed E-state index contributed by atoms with van der Waals surface area (Å²) < 4.78 is 18.2. The van der Waals surface area contributed by atoms with Crippen molar-refractivity contribution in [3.05, 3.63) is 125 Å². The molecule has 0 N–H and O–H groups in total. The number of fused-ring (bicyclic) bond motifs is 3. The molecule has 5 nitrogen and oxygen atoms in total. The molecule has 0 saturated carbocycles. The van der Waals surface area contributed by atoms with Crippen LogP contribution in [-0.4, -0.2) is 17.8 Å². The molecule has 0 aliphatic carbocycles. The third kappa shape index (κ3) is 4.10. The summed E-state index contributed by atoms with van der Waals surface area (Å²) in [7, 11) is 1.68. The van der Waals surface area contributed by atoms with Gasteiger partial charge in [-0.2, -0.15) is 5.10 Å². The van der Waals surface area contributed by atoms with Crippen LogP contribution in [0.4, 0.5) is 0 Å². The Bertz CT molecular complexity index is 1350. The molecular formula is C30H26N2O3. The lowest BCUT2D eigenvalue weighted by molar-refractivity contribution is -0.0207. The number of hydrogen-bond acceptors (Lipinski definition) is 5. The predicted molar refractivity (Wildman–Crippen MR) is 136 cm³/mol. The van der Waals surface area contributed by atoms with Crippen molar-refractivity contribution >= 4 is 5.71 Å². The van der Waals surface area contributed by atoms with E-state index in [-0.39, 0.29) is 6.04 Å². The molecule has 174 valence electrons. The molecule has 0 amide bonds. The first-order chi connectivity index (χ1) is 17.3. The lowest BCUT2D eigenvalue weighted by Crippen LogP contribution is -2.34. The largest absolute Gasteiger partial charge is 0.497 e. The van der Waals surface area contributed by atoms with E-state index in [4.69, 9.17) is 19.3 Å². The Hall–Kier alpha value is -4.25. The highest BCUT2D eigenvalue weighted by Crippen LogP contribution is 2.48. The van der Waals surface area contributed by atoms with Crippen LogP contribution in [0.5, 0.6) is 17.2 Å². The van der Waals surface area contributed by atoms with E-state index in [2.05, 4.69) is 47.5 Å². The van der Waals surface area contributed by atoms with Crippen LogP contribution in [-0.2, 0) is 6.61 Å². The number of para-hydroxylation sites is 2. The first kappa shape index (κ1) is 21.3. The second kappa shape index (κ2) is 9.18. The van der Waals surface area contributed by atoms with Gasteiger partial charge in [0.2, 0.25) is 6.23 Å². The summed E-state index contributed by atoms with van der Waals surface area (Å²) >= 11 is 0. The van der Waals surface area contributed by atoms with Gasteiger partial charge < -0.3 is 14.2 Å². The topological polar surface area (TPSA) is 43.3 Å². The predicted octanol–water partition coefficient (Wildman–Crippen LogP) is 6.52. The minimum absolute atomic E-state index is 0.0873. The molecule has 0 saturated heterocycles. The standard InChI is InChI=1S/C30H26N2O3/c1-33-23-17-15-22(16-18-23)26-19-27-24-11-5-8-14-29(24)35-30(32(27)31-26)25-12-6-7-13-28(25)34-20-21-9-3-2-4-10-21/h2-18,27,30H,19-20H2,1H3. The number of methoxy groups -OCH3 is 1. The third-order valence-corrected chi connectivity index (χ3v) is 6.54. The Morgan fingerprint density at radius 2 is 1.54 bits per heavy atom. The fourth-order valence-electron chi connectivity index (χ4n) is 4.75. The van der Waals surface area contributed by atoms with E-state index in [9.17, 15) is 0 Å². The smallest absolute Gasteiger partial charge is 0.217 e. The number of ether oxygens (including phenoxy) is 3. The first-order valence-electron chi connectivity index (χ1n) is 11.8. The number of rotatable bonds is 6. The summed E-state index contributed by atoms with van der Waals surface area (Å²) in [5, 5.41) is 7.17. The van der Waals surface area contributed by atoms with E-state index in [1.54, 1.807) is 7.11 Å². The number of benzene rings is 4. The fraction of sp³-hybridized carbons (Fsp3) is 0.167. The third-order valence-electron chi connectivity index (χ3n) is 6.54. The Balaban J connectivity index is 1.36.